The van der Waals surface area contributed by atoms with E-state index in [1.54, 1.807) is 13.8 Å². The molecule has 0 saturated heterocycles. The first kappa shape index (κ1) is 15.2. The molecule has 1 aliphatic rings. The molecule has 0 aromatic carbocycles. The SMILES string of the molecule is CC(C)N(CC(NC1CC1)C(=O)O)CC(F)(F)F. The molecule has 1 fully saturated rings. The van der Waals surface area contributed by atoms with Gasteiger partial charge in [0.2, 0.25) is 0 Å². The normalized spacial score (nSPS) is 18.4. The summed E-state index contributed by atoms with van der Waals surface area (Å²) in [7, 11) is 0. The van der Waals surface area contributed by atoms with Gasteiger partial charge in [0.25, 0.3) is 0 Å². The topological polar surface area (TPSA) is 52.6 Å². The van der Waals surface area contributed by atoms with E-state index in [1.807, 2.05) is 0 Å². The molecule has 0 aromatic rings. The minimum Gasteiger partial charge on any atom is -0.480 e. The molecule has 106 valence electrons. The second kappa shape index (κ2) is 5.88. The van der Waals surface area contributed by atoms with Crippen LogP contribution in [0.5, 0.6) is 0 Å². The van der Waals surface area contributed by atoms with Gasteiger partial charge in [-0.2, -0.15) is 13.2 Å². The van der Waals surface area contributed by atoms with Gasteiger partial charge in [0, 0.05) is 18.6 Å². The maximum Gasteiger partial charge on any atom is 0.401 e. The molecule has 1 saturated carbocycles. The summed E-state index contributed by atoms with van der Waals surface area (Å²) in [5.41, 5.74) is 0. The summed E-state index contributed by atoms with van der Waals surface area (Å²) in [5, 5.41) is 11.9. The van der Waals surface area contributed by atoms with Crippen molar-refractivity contribution in [3.05, 3.63) is 0 Å². The lowest BCUT2D eigenvalue weighted by Gasteiger charge is -2.30. The fourth-order valence-electron chi connectivity index (χ4n) is 1.66. The summed E-state index contributed by atoms with van der Waals surface area (Å²) in [6.45, 7) is 2.04. The summed E-state index contributed by atoms with van der Waals surface area (Å²) < 4.78 is 37.1. The fourth-order valence-corrected chi connectivity index (χ4v) is 1.66. The van der Waals surface area contributed by atoms with Crippen LogP contribution in [0.4, 0.5) is 13.2 Å². The highest BCUT2D eigenvalue weighted by Crippen LogP contribution is 2.21. The predicted molar refractivity (Wildman–Crippen MR) is 60.3 cm³/mol. The quantitative estimate of drug-likeness (QED) is 0.734. The Morgan fingerprint density at radius 2 is 2.00 bits per heavy atom. The van der Waals surface area contributed by atoms with Crippen LogP contribution in [-0.4, -0.2) is 53.4 Å². The largest absolute Gasteiger partial charge is 0.480 e. The first-order valence-corrected chi connectivity index (χ1v) is 5.98. The Labute approximate surface area is 104 Å². The zero-order valence-electron chi connectivity index (χ0n) is 10.5. The number of carboxylic acids is 1. The van der Waals surface area contributed by atoms with Crippen molar-refractivity contribution in [2.24, 2.45) is 0 Å². The van der Waals surface area contributed by atoms with Gasteiger partial charge >= 0.3 is 12.1 Å². The smallest absolute Gasteiger partial charge is 0.401 e. The van der Waals surface area contributed by atoms with E-state index in [-0.39, 0.29) is 18.6 Å². The van der Waals surface area contributed by atoms with Crippen LogP contribution in [0.3, 0.4) is 0 Å². The molecule has 1 aliphatic carbocycles. The number of halogens is 3. The number of alkyl halides is 3. The zero-order valence-corrected chi connectivity index (χ0v) is 10.5. The minimum atomic E-state index is -4.31. The highest BCUT2D eigenvalue weighted by molar-refractivity contribution is 5.73. The molecule has 2 N–H and O–H groups in total. The van der Waals surface area contributed by atoms with Crippen LogP contribution in [-0.2, 0) is 4.79 Å². The molecular weight excluding hydrogens is 249 g/mol. The van der Waals surface area contributed by atoms with Crippen LogP contribution in [0.2, 0.25) is 0 Å². The van der Waals surface area contributed by atoms with Gasteiger partial charge in [-0.15, -0.1) is 0 Å². The third-order valence-electron chi connectivity index (χ3n) is 2.84. The van der Waals surface area contributed by atoms with Crippen molar-refractivity contribution < 1.29 is 23.1 Å². The average molecular weight is 268 g/mol. The van der Waals surface area contributed by atoms with Crippen molar-refractivity contribution in [1.29, 1.82) is 0 Å². The van der Waals surface area contributed by atoms with E-state index in [1.165, 1.54) is 0 Å². The molecule has 1 rings (SSSR count). The van der Waals surface area contributed by atoms with Crippen LogP contribution >= 0.6 is 0 Å². The van der Waals surface area contributed by atoms with Gasteiger partial charge < -0.3 is 10.4 Å². The summed E-state index contributed by atoms with van der Waals surface area (Å²) >= 11 is 0. The van der Waals surface area contributed by atoms with Gasteiger partial charge in [0.1, 0.15) is 6.04 Å². The average Bonchev–Trinajstić information content (AvgIpc) is 2.96. The molecule has 0 aromatic heterocycles. The molecule has 1 atom stereocenters. The number of carbonyl (C=O) groups is 1. The van der Waals surface area contributed by atoms with Crippen LogP contribution in [0.1, 0.15) is 26.7 Å². The van der Waals surface area contributed by atoms with E-state index in [0.29, 0.717) is 0 Å². The van der Waals surface area contributed by atoms with E-state index < -0.39 is 24.7 Å². The van der Waals surface area contributed by atoms with E-state index in [0.717, 1.165) is 17.7 Å². The number of carboxylic acid groups (broad SMARTS) is 1. The first-order valence-electron chi connectivity index (χ1n) is 5.98. The van der Waals surface area contributed by atoms with Gasteiger partial charge in [0.15, 0.2) is 0 Å². The molecule has 0 spiro atoms. The van der Waals surface area contributed by atoms with Crippen LogP contribution in [0, 0.1) is 0 Å². The van der Waals surface area contributed by atoms with E-state index in [4.69, 9.17) is 5.11 Å². The Morgan fingerprint density at radius 3 is 2.33 bits per heavy atom. The van der Waals surface area contributed by atoms with Crippen LogP contribution in [0.25, 0.3) is 0 Å². The third kappa shape index (κ3) is 5.68. The summed E-state index contributed by atoms with van der Waals surface area (Å²) in [4.78, 5) is 12.1. The Hall–Kier alpha value is -0.820. The second-order valence-electron chi connectivity index (χ2n) is 4.97. The monoisotopic (exact) mass is 268 g/mol. The van der Waals surface area contributed by atoms with Crippen molar-refractivity contribution in [2.45, 2.75) is 51.0 Å². The van der Waals surface area contributed by atoms with Gasteiger partial charge in [-0.3, -0.25) is 9.69 Å². The molecule has 7 heteroatoms. The Morgan fingerprint density at radius 1 is 1.44 bits per heavy atom. The molecular formula is C11H19F3N2O2. The maximum absolute atomic E-state index is 12.4. The fraction of sp³-hybridized carbons (Fsp3) is 0.909. The van der Waals surface area contributed by atoms with E-state index >= 15 is 0 Å². The van der Waals surface area contributed by atoms with Gasteiger partial charge in [0.05, 0.1) is 6.54 Å². The summed E-state index contributed by atoms with van der Waals surface area (Å²) in [6, 6.07) is -1.15. The minimum absolute atomic E-state index is 0.136. The van der Waals surface area contributed by atoms with E-state index in [9.17, 15) is 18.0 Å². The van der Waals surface area contributed by atoms with Crippen LogP contribution < -0.4 is 5.32 Å². The first-order chi connectivity index (χ1) is 8.19. The van der Waals surface area contributed by atoms with Gasteiger partial charge in [-0.1, -0.05) is 0 Å². The lowest BCUT2D eigenvalue weighted by molar-refractivity contribution is -0.154. The number of hydrogen-bond donors (Lipinski definition) is 2. The van der Waals surface area contributed by atoms with Crippen molar-refractivity contribution in [2.75, 3.05) is 13.1 Å². The highest BCUT2D eigenvalue weighted by atomic mass is 19.4. The van der Waals surface area contributed by atoms with E-state index in [2.05, 4.69) is 5.32 Å². The molecule has 0 radical (unpaired) electrons. The third-order valence-corrected chi connectivity index (χ3v) is 2.84. The standard InChI is InChI=1S/C11H19F3N2O2/c1-7(2)16(6-11(12,13)14)5-9(10(17)18)15-8-3-4-8/h7-9,15H,3-6H2,1-2H3,(H,17,18). The van der Waals surface area contributed by atoms with Crippen molar-refractivity contribution in [3.63, 3.8) is 0 Å². The highest BCUT2D eigenvalue weighted by Gasteiger charge is 2.35. The predicted octanol–water partition coefficient (Wildman–Crippen LogP) is 1.46. The van der Waals surface area contributed by atoms with Crippen molar-refractivity contribution in [3.8, 4) is 0 Å². The second-order valence-corrected chi connectivity index (χ2v) is 4.97. The van der Waals surface area contributed by atoms with Crippen molar-refractivity contribution >= 4 is 5.97 Å². The molecule has 0 amide bonds. The Kier molecular flexibility index (Phi) is 4.98. The number of aliphatic carboxylic acids is 1. The summed E-state index contributed by atoms with van der Waals surface area (Å²) in [6.07, 6.45) is -2.53. The molecule has 4 nitrogen and oxygen atoms in total. The number of rotatable bonds is 7. The molecule has 0 aliphatic heterocycles. The Bertz CT molecular complexity index is 291. The number of nitrogens with zero attached hydrogens (tertiary/aromatic N) is 1. The molecule has 1 unspecified atom stereocenters. The number of hydrogen-bond acceptors (Lipinski definition) is 3. The van der Waals surface area contributed by atoms with Gasteiger partial charge in [-0.05, 0) is 26.7 Å². The molecule has 18 heavy (non-hydrogen) atoms. The maximum atomic E-state index is 12.4. The molecule has 0 heterocycles. The van der Waals surface area contributed by atoms with Gasteiger partial charge in [-0.25, -0.2) is 0 Å². The Balaban J connectivity index is 2.57. The zero-order chi connectivity index (χ0) is 13.9. The molecule has 0 bridgehead atoms. The van der Waals surface area contributed by atoms with Crippen molar-refractivity contribution in [1.82, 2.24) is 10.2 Å². The summed E-state index contributed by atoms with van der Waals surface area (Å²) in [5.74, 6) is -1.10. The lowest BCUT2D eigenvalue weighted by Crippen LogP contribution is -2.51. The number of nitrogens with one attached hydrogen (secondary N) is 1. The van der Waals surface area contributed by atoms with Crippen LogP contribution in [0.15, 0.2) is 0 Å². The lowest BCUT2D eigenvalue weighted by atomic mass is 10.2.